The highest BCUT2D eigenvalue weighted by Crippen LogP contribution is 2.07. The third-order valence-corrected chi connectivity index (χ3v) is 1.88. The van der Waals surface area contributed by atoms with Gasteiger partial charge in [-0.25, -0.2) is 14.6 Å². The monoisotopic (exact) mass is 252 g/mol. The summed E-state index contributed by atoms with van der Waals surface area (Å²) >= 11 is 0. The second kappa shape index (κ2) is 5.48. The van der Waals surface area contributed by atoms with E-state index in [9.17, 15) is 9.59 Å². The number of carbonyl (C=O) groups is 2. The largest absolute Gasteiger partial charge is 0.477 e. The maximum Gasteiger partial charge on any atom is 0.407 e. The fourth-order valence-electron chi connectivity index (χ4n) is 1.19. The number of aromatic carboxylic acids is 1. The van der Waals surface area contributed by atoms with Crippen LogP contribution in [0, 0.1) is 0 Å². The van der Waals surface area contributed by atoms with Gasteiger partial charge in [-0.15, -0.1) is 0 Å². The van der Waals surface area contributed by atoms with Crippen LogP contribution in [-0.4, -0.2) is 27.8 Å². The number of carbonyl (C=O) groups excluding carboxylic acids is 1. The highest BCUT2D eigenvalue weighted by Gasteiger charge is 2.15. The normalized spacial score (nSPS) is 10.8. The van der Waals surface area contributed by atoms with Crippen molar-refractivity contribution in [3.8, 4) is 0 Å². The molecule has 1 heterocycles. The van der Waals surface area contributed by atoms with E-state index in [2.05, 4.69) is 10.3 Å². The Labute approximate surface area is 105 Å². The molecule has 0 bridgehead atoms. The van der Waals surface area contributed by atoms with E-state index in [1.54, 1.807) is 26.8 Å². The molecule has 2 N–H and O–H groups in total. The third-order valence-electron chi connectivity index (χ3n) is 1.88. The minimum absolute atomic E-state index is 0.0570. The Morgan fingerprint density at radius 1 is 1.44 bits per heavy atom. The molecule has 0 saturated heterocycles. The van der Waals surface area contributed by atoms with Crippen LogP contribution in [0.4, 0.5) is 4.79 Å². The Kier molecular flexibility index (Phi) is 4.25. The lowest BCUT2D eigenvalue weighted by atomic mass is 10.2. The zero-order chi connectivity index (χ0) is 13.8. The summed E-state index contributed by atoms with van der Waals surface area (Å²) < 4.78 is 5.06. The Morgan fingerprint density at radius 2 is 2.11 bits per heavy atom. The summed E-state index contributed by atoms with van der Waals surface area (Å²) in [4.78, 5) is 25.8. The highest BCUT2D eigenvalue weighted by atomic mass is 16.6. The fourth-order valence-corrected chi connectivity index (χ4v) is 1.19. The van der Waals surface area contributed by atoms with Gasteiger partial charge in [0, 0.05) is 12.7 Å². The molecule has 1 aromatic heterocycles. The van der Waals surface area contributed by atoms with Crippen LogP contribution in [0.15, 0.2) is 18.3 Å². The Balaban J connectivity index is 2.56. The molecule has 98 valence electrons. The first-order chi connectivity index (χ1) is 8.28. The van der Waals surface area contributed by atoms with Crippen LogP contribution in [0.25, 0.3) is 0 Å². The van der Waals surface area contributed by atoms with Gasteiger partial charge in [-0.1, -0.05) is 0 Å². The Hall–Kier alpha value is -2.11. The predicted octanol–water partition coefficient (Wildman–Crippen LogP) is 1.80. The number of carboxylic acids is 1. The smallest absolute Gasteiger partial charge is 0.407 e. The molecule has 0 saturated carbocycles. The third kappa shape index (κ3) is 4.82. The van der Waals surface area contributed by atoms with Gasteiger partial charge in [0.15, 0.2) is 0 Å². The molecule has 18 heavy (non-hydrogen) atoms. The zero-order valence-electron chi connectivity index (χ0n) is 10.6. The zero-order valence-corrected chi connectivity index (χ0v) is 10.6. The van der Waals surface area contributed by atoms with E-state index in [4.69, 9.17) is 9.84 Å². The molecule has 0 atom stereocenters. The van der Waals surface area contributed by atoms with Gasteiger partial charge in [0.1, 0.15) is 11.3 Å². The standard InChI is InChI=1S/C12H16N2O4/c1-12(2,3)18-11(17)14-7-8-4-5-13-9(6-8)10(15)16/h4-6H,7H2,1-3H3,(H,14,17)(H,15,16). The number of aromatic nitrogens is 1. The van der Waals surface area contributed by atoms with E-state index >= 15 is 0 Å². The SMILES string of the molecule is CC(C)(C)OC(=O)NCc1ccnc(C(=O)O)c1. The highest BCUT2D eigenvalue weighted by molar-refractivity contribution is 5.85. The van der Waals surface area contributed by atoms with Gasteiger partial charge in [0.05, 0.1) is 0 Å². The summed E-state index contributed by atoms with van der Waals surface area (Å²) in [6.07, 6.45) is 0.839. The van der Waals surface area contributed by atoms with E-state index in [0.717, 1.165) is 0 Å². The number of carboxylic acid groups (broad SMARTS) is 1. The summed E-state index contributed by atoms with van der Waals surface area (Å²) in [5.41, 5.74) is 0.0286. The quantitative estimate of drug-likeness (QED) is 0.856. The van der Waals surface area contributed by atoms with Gasteiger partial charge in [-0.2, -0.15) is 0 Å². The lowest BCUT2D eigenvalue weighted by Gasteiger charge is -2.19. The molecule has 1 aromatic rings. The van der Waals surface area contributed by atoms with E-state index in [-0.39, 0.29) is 12.2 Å². The lowest BCUT2D eigenvalue weighted by Crippen LogP contribution is -2.32. The predicted molar refractivity (Wildman–Crippen MR) is 64.3 cm³/mol. The molecule has 0 aliphatic rings. The number of pyridine rings is 1. The van der Waals surface area contributed by atoms with Crippen molar-refractivity contribution in [3.05, 3.63) is 29.6 Å². The average Bonchev–Trinajstić information content (AvgIpc) is 2.24. The summed E-state index contributed by atoms with van der Waals surface area (Å²) in [6.45, 7) is 5.49. The number of hydrogen-bond acceptors (Lipinski definition) is 4. The fraction of sp³-hybridized carbons (Fsp3) is 0.417. The molecule has 0 spiro atoms. The molecule has 0 aromatic carbocycles. The van der Waals surface area contributed by atoms with Crippen molar-refractivity contribution < 1.29 is 19.4 Å². The number of nitrogens with one attached hydrogen (secondary N) is 1. The van der Waals surface area contributed by atoms with Gasteiger partial charge in [0.2, 0.25) is 0 Å². The molecular formula is C12H16N2O4. The van der Waals surface area contributed by atoms with Crippen molar-refractivity contribution in [2.24, 2.45) is 0 Å². The first-order valence-electron chi connectivity index (χ1n) is 5.43. The van der Waals surface area contributed by atoms with E-state index < -0.39 is 17.7 Å². The van der Waals surface area contributed by atoms with Crippen LogP contribution in [0.2, 0.25) is 0 Å². The Bertz CT molecular complexity index is 452. The van der Waals surface area contributed by atoms with E-state index in [0.29, 0.717) is 5.56 Å². The maximum atomic E-state index is 11.4. The van der Waals surface area contributed by atoms with Gasteiger partial charge in [0.25, 0.3) is 0 Å². The molecule has 1 amide bonds. The Morgan fingerprint density at radius 3 is 2.67 bits per heavy atom. The van der Waals surface area contributed by atoms with Crippen molar-refractivity contribution in [1.82, 2.24) is 10.3 Å². The summed E-state index contributed by atoms with van der Waals surface area (Å²) in [7, 11) is 0. The molecule has 0 unspecified atom stereocenters. The van der Waals surface area contributed by atoms with E-state index in [1.165, 1.54) is 12.3 Å². The minimum atomic E-state index is -1.10. The van der Waals surface area contributed by atoms with Crippen molar-refractivity contribution in [2.45, 2.75) is 32.9 Å². The summed E-state index contributed by atoms with van der Waals surface area (Å²) in [5.74, 6) is -1.10. The van der Waals surface area contributed by atoms with Crippen LogP contribution in [0.3, 0.4) is 0 Å². The molecule has 6 nitrogen and oxygen atoms in total. The van der Waals surface area contributed by atoms with Crippen molar-refractivity contribution >= 4 is 12.1 Å². The van der Waals surface area contributed by atoms with E-state index in [1.807, 2.05) is 0 Å². The molecule has 0 fully saturated rings. The number of ether oxygens (including phenoxy) is 1. The van der Waals surface area contributed by atoms with Crippen LogP contribution in [-0.2, 0) is 11.3 Å². The number of amides is 1. The van der Waals surface area contributed by atoms with Crippen molar-refractivity contribution in [3.63, 3.8) is 0 Å². The molecule has 0 aliphatic carbocycles. The molecule has 0 radical (unpaired) electrons. The van der Waals surface area contributed by atoms with Gasteiger partial charge >= 0.3 is 12.1 Å². The van der Waals surface area contributed by atoms with Crippen LogP contribution in [0.5, 0.6) is 0 Å². The van der Waals surface area contributed by atoms with Crippen LogP contribution >= 0.6 is 0 Å². The average molecular weight is 252 g/mol. The molecule has 1 rings (SSSR count). The van der Waals surface area contributed by atoms with Crippen LogP contribution in [0.1, 0.15) is 36.8 Å². The minimum Gasteiger partial charge on any atom is -0.477 e. The van der Waals surface area contributed by atoms with Crippen LogP contribution < -0.4 is 5.32 Å². The van der Waals surface area contributed by atoms with Crippen molar-refractivity contribution in [2.75, 3.05) is 0 Å². The number of alkyl carbamates (subject to hydrolysis) is 1. The number of nitrogens with zero attached hydrogens (tertiary/aromatic N) is 1. The number of rotatable bonds is 3. The summed E-state index contributed by atoms with van der Waals surface area (Å²) in [5, 5.41) is 11.3. The lowest BCUT2D eigenvalue weighted by molar-refractivity contribution is 0.0523. The first kappa shape index (κ1) is 14.0. The van der Waals surface area contributed by atoms with Gasteiger partial charge in [-0.05, 0) is 38.5 Å². The maximum absolute atomic E-state index is 11.4. The molecule has 0 aliphatic heterocycles. The van der Waals surface area contributed by atoms with Gasteiger partial charge in [-0.3, -0.25) is 0 Å². The summed E-state index contributed by atoms with van der Waals surface area (Å²) in [6, 6.07) is 3.03. The van der Waals surface area contributed by atoms with Crippen molar-refractivity contribution in [1.29, 1.82) is 0 Å². The van der Waals surface area contributed by atoms with Gasteiger partial charge < -0.3 is 15.2 Å². The number of hydrogen-bond donors (Lipinski definition) is 2. The molecular weight excluding hydrogens is 236 g/mol. The second-order valence-electron chi connectivity index (χ2n) is 4.71. The molecule has 6 heteroatoms. The first-order valence-corrected chi connectivity index (χ1v) is 5.43. The second-order valence-corrected chi connectivity index (χ2v) is 4.71. The topological polar surface area (TPSA) is 88.5 Å².